The number of carbonyl (C=O) groups excluding carboxylic acids is 1. The molecular weight excluding hydrogens is 412 g/mol. The third-order valence-corrected chi connectivity index (χ3v) is 4.36. The van der Waals surface area contributed by atoms with Gasteiger partial charge in [-0.25, -0.2) is 0 Å². The number of hydrogen-bond acceptors (Lipinski definition) is 6. The molecule has 0 spiro atoms. The van der Waals surface area contributed by atoms with E-state index in [2.05, 4.69) is 10.4 Å². The molecule has 2 aromatic carbocycles. The number of carbonyl (C=O) groups is 1. The first-order valence-electron chi connectivity index (χ1n) is 10.1. The van der Waals surface area contributed by atoms with Gasteiger partial charge in [0.05, 0.1) is 36.6 Å². The normalized spacial score (nSPS) is 10.8. The molecule has 9 nitrogen and oxygen atoms in total. The Balaban J connectivity index is 1.62. The second-order valence-electron chi connectivity index (χ2n) is 6.75. The lowest BCUT2D eigenvalue weighted by Gasteiger charge is -2.12. The first-order valence-corrected chi connectivity index (χ1v) is 10.1. The summed E-state index contributed by atoms with van der Waals surface area (Å²) in [7, 11) is 0. The second-order valence-corrected chi connectivity index (χ2v) is 6.75. The molecular formula is C23H24N4O5. The van der Waals surface area contributed by atoms with E-state index in [1.165, 1.54) is 24.3 Å². The number of anilines is 1. The quantitative estimate of drug-likeness (QED) is 0.289. The average molecular weight is 436 g/mol. The minimum absolute atomic E-state index is 0.0318. The zero-order valence-corrected chi connectivity index (χ0v) is 17.9. The van der Waals surface area contributed by atoms with Gasteiger partial charge in [0.15, 0.2) is 11.5 Å². The van der Waals surface area contributed by atoms with E-state index in [1.54, 1.807) is 29.2 Å². The van der Waals surface area contributed by atoms with E-state index in [1.807, 2.05) is 32.0 Å². The minimum atomic E-state index is -0.479. The molecule has 9 heteroatoms. The summed E-state index contributed by atoms with van der Waals surface area (Å²) in [6.45, 7) is 5.41. The minimum Gasteiger partial charge on any atom is -0.490 e. The van der Waals surface area contributed by atoms with E-state index in [-0.39, 0.29) is 11.6 Å². The van der Waals surface area contributed by atoms with Crippen molar-refractivity contribution in [3.8, 4) is 11.5 Å². The molecule has 166 valence electrons. The lowest BCUT2D eigenvalue weighted by Crippen LogP contribution is -2.07. The standard InChI is InChI=1S/C23H24N4O5/c1-3-31-21-10-8-18(13-22(21)32-4-2)15-26-16-19(14-24-26)25-23(28)11-9-17-6-5-7-20(12-17)27(29)30/h5-14,16H,3-4,15H2,1-2H3,(H,25,28)/b11-9+. The van der Waals surface area contributed by atoms with Crippen molar-refractivity contribution in [2.24, 2.45) is 0 Å². The molecule has 0 bridgehead atoms. The van der Waals surface area contributed by atoms with Crippen molar-refractivity contribution in [3.63, 3.8) is 0 Å². The molecule has 0 aliphatic rings. The topological polar surface area (TPSA) is 109 Å². The molecule has 0 saturated carbocycles. The number of amides is 1. The van der Waals surface area contributed by atoms with Crippen molar-refractivity contribution in [1.29, 1.82) is 0 Å². The van der Waals surface area contributed by atoms with Gasteiger partial charge in [0.2, 0.25) is 5.91 Å². The van der Waals surface area contributed by atoms with E-state index in [4.69, 9.17) is 9.47 Å². The van der Waals surface area contributed by atoms with Crippen LogP contribution in [0.5, 0.6) is 11.5 Å². The van der Waals surface area contributed by atoms with Gasteiger partial charge < -0.3 is 14.8 Å². The Labute approximate surface area is 185 Å². The van der Waals surface area contributed by atoms with E-state index in [0.717, 1.165) is 5.56 Å². The summed E-state index contributed by atoms with van der Waals surface area (Å²) < 4.78 is 12.9. The largest absolute Gasteiger partial charge is 0.490 e. The fourth-order valence-corrected chi connectivity index (χ4v) is 2.99. The maximum Gasteiger partial charge on any atom is 0.270 e. The van der Waals surface area contributed by atoms with E-state index in [9.17, 15) is 14.9 Å². The number of nitro groups is 1. The Kier molecular flexibility index (Phi) is 7.58. The number of nitrogens with one attached hydrogen (secondary N) is 1. The van der Waals surface area contributed by atoms with Crippen LogP contribution in [-0.2, 0) is 11.3 Å². The third-order valence-electron chi connectivity index (χ3n) is 4.36. The van der Waals surface area contributed by atoms with Crippen LogP contribution in [0.25, 0.3) is 6.08 Å². The van der Waals surface area contributed by atoms with Gasteiger partial charge in [0, 0.05) is 24.4 Å². The number of benzene rings is 2. The SMILES string of the molecule is CCOc1ccc(Cn2cc(NC(=O)/C=C/c3cccc([N+](=O)[O-])c3)cn2)cc1OCC. The van der Waals surface area contributed by atoms with Crippen molar-refractivity contribution < 1.29 is 19.2 Å². The predicted molar refractivity (Wildman–Crippen MR) is 121 cm³/mol. The molecule has 3 aromatic rings. The molecule has 1 heterocycles. The zero-order valence-electron chi connectivity index (χ0n) is 17.9. The molecule has 0 aliphatic heterocycles. The van der Waals surface area contributed by atoms with Crippen molar-refractivity contribution >= 4 is 23.4 Å². The highest BCUT2D eigenvalue weighted by Crippen LogP contribution is 2.29. The van der Waals surface area contributed by atoms with Crippen LogP contribution in [0, 0.1) is 10.1 Å². The highest BCUT2D eigenvalue weighted by Gasteiger charge is 2.08. The first-order chi connectivity index (χ1) is 15.5. The Morgan fingerprint density at radius 1 is 1.16 bits per heavy atom. The fourth-order valence-electron chi connectivity index (χ4n) is 2.99. The van der Waals surface area contributed by atoms with Crippen molar-refractivity contribution in [2.75, 3.05) is 18.5 Å². The van der Waals surface area contributed by atoms with E-state index < -0.39 is 4.92 Å². The molecule has 3 rings (SSSR count). The molecule has 1 aromatic heterocycles. The number of non-ortho nitro benzene ring substituents is 1. The lowest BCUT2D eigenvalue weighted by atomic mass is 10.2. The van der Waals surface area contributed by atoms with Crippen LogP contribution in [-0.4, -0.2) is 33.8 Å². The van der Waals surface area contributed by atoms with Crippen molar-refractivity contribution in [3.05, 3.63) is 82.2 Å². The van der Waals surface area contributed by atoms with Gasteiger partial charge in [-0.05, 0) is 43.2 Å². The van der Waals surface area contributed by atoms with Crippen LogP contribution >= 0.6 is 0 Å². The summed E-state index contributed by atoms with van der Waals surface area (Å²) in [5, 5.41) is 17.8. The number of hydrogen-bond donors (Lipinski definition) is 1. The molecule has 0 radical (unpaired) electrons. The molecule has 0 atom stereocenters. The van der Waals surface area contributed by atoms with Crippen LogP contribution in [0.2, 0.25) is 0 Å². The molecule has 0 aliphatic carbocycles. The monoisotopic (exact) mass is 436 g/mol. The highest BCUT2D eigenvalue weighted by atomic mass is 16.6. The molecule has 0 saturated heterocycles. The number of aromatic nitrogens is 2. The summed E-state index contributed by atoms with van der Waals surface area (Å²) in [5.74, 6) is 1.01. The molecule has 32 heavy (non-hydrogen) atoms. The lowest BCUT2D eigenvalue weighted by molar-refractivity contribution is -0.384. The van der Waals surface area contributed by atoms with Gasteiger partial charge in [0.25, 0.3) is 5.69 Å². The third kappa shape index (κ3) is 6.18. The highest BCUT2D eigenvalue weighted by molar-refractivity contribution is 6.01. The van der Waals surface area contributed by atoms with Crippen molar-refractivity contribution in [1.82, 2.24) is 9.78 Å². The van der Waals surface area contributed by atoms with Crippen LogP contribution < -0.4 is 14.8 Å². The van der Waals surface area contributed by atoms with Crippen molar-refractivity contribution in [2.45, 2.75) is 20.4 Å². The number of nitro benzene ring substituents is 1. The van der Waals surface area contributed by atoms with Crippen LogP contribution in [0.15, 0.2) is 60.9 Å². The maximum absolute atomic E-state index is 12.2. The summed E-state index contributed by atoms with van der Waals surface area (Å²) in [6.07, 6.45) is 6.10. The van der Waals surface area contributed by atoms with E-state index in [0.29, 0.717) is 42.5 Å². The second kappa shape index (κ2) is 10.8. The maximum atomic E-state index is 12.2. The van der Waals surface area contributed by atoms with E-state index >= 15 is 0 Å². The summed E-state index contributed by atoms with van der Waals surface area (Å²) in [5.41, 5.74) is 2.04. The average Bonchev–Trinajstić information content (AvgIpc) is 3.21. The smallest absolute Gasteiger partial charge is 0.270 e. The summed E-state index contributed by atoms with van der Waals surface area (Å²) >= 11 is 0. The molecule has 1 amide bonds. The Hall–Kier alpha value is -4.14. The summed E-state index contributed by atoms with van der Waals surface area (Å²) in [6, 6.07) is 11.8. The fraction of sp³-hybridized carbons (Fsp3) is 0.217. The van der Waals surface area contributed by atoms with Gasteiger partial charge in [-0.1, -0.05) is 18.2 Å². The molecule has 0 fully saturated rings. The van der Waals surface area contributed by atoms with Gasteiger partial charge in [-0.2, -0.15) is 5.10 Å². The van der Waals surface area contributed by atoms with Crippen LogP contribution in [0.1, 0.15) is 25.0 Å². The van der Waals surface area contributed by atoms with Gasteiger partial charge in [0.1, 0.15) is 0 Å². The Morgan fingerprint density at radius 2 is 1.94 bits per heavy atom. The Bertz CT molecular complexity index is 1120. The van der Waals surface area contributed by atoms with Crippen LogP contribution in [0.3, 0.4) is 0 Å². The number of rotatable bonds is 10. The summed E-state index contributed by atoms with van der Waals surface area (Å²) in [4.78, 5) is 22.6. The van der Waals surface area contributed by atoms with Gasteiger partial charge in [-0.3, -0.25) is 19.6 Å². The first kappa shape index (κ1) is 22.5. The molecule has 1 N–H and O–H groups in total. The molecule has 0 unspecified atom stereocenters. The zero-order chi connectivity index (χ0) is 22.9. The number of ether oxygens (including phenoxy) is 2. The van der Waals surface area contributed by atoms with Crippen LogP contribution in [0.4, 0.5) is 11.4 Å². The Morgan fingerprint density at radius 3 is 2.69 bits per heavy atom. The van der Waals surface area contributed by atoms with Gasteiger partial charge >= 0.3 is 0 Å². The number of nitrogens with zero attached hydrogens (tertiary/aromatic N) is 3. The van der Waals surface area contributed by atoms with Gasteiger partial charge in [-0.15, -0.1) is 0 Å². The predicted octanol–water partition coefficient (Wildman–Crippen LogP) is 4.29.